The van der Waals surface area contributed by atoms with Crippen LogP contribution in [0.25, 0.3) is 0 Å². The predicted molar refractivity (Wildman–Crippen MR) is 75.8 cm³/mol. The molecule has 1 aliphatic heterocycles. The molecule has 2 rings (SSSR count). The van der Waals surface area contributed by atoms with Crippen LogP contribution in [0.1, 0.15) is 26.7 Å². The summed E-state index contributed by atoms with van der Waals surface area (Å²) in [6.07, 6.45) is 2.72. The molecule has 1 fully saturated rings. The number of anilines is 1. The second-order valence-corrected chi connectivity index (χ2v) is 5.96. The third kappa shape index (κ3) is 3.60. The summed E-state index contributed by atoms with van der Waals surface area (Å²) >= 11 is 9.47. The Kier molecular flexibility index (Phi) is 4.34. The third-order valence-electron chi connectivity index (χ3n) is 2.99. The Labute approximate surface area is 116 Å². The summed E-state index contributed by atoms with van der Waals surface area (Å²) in [5.74, 6) is 0. The largest absolute Gasteiger partial charge is 0.382 e. The summed E-state index contributed by atoms with van der Waals surface area (Å²) in [4.78, 5) is 0. The molecule has 0 amide bonds. The third-order valence-corrected chi connectivity index (χ3v) is 4.22. The van der Waals surface area contributed by atoms with Gasteiger partial charge in [0.05, 0.1) is 17.2 Å². The normalized spacial score (nSPS) is 29.1. The van der Waals surface area contributed by atoms with Crippen molar-refractivity contribution < 1.29 is 4.74 Å². The predicted octanol–water partition coefficient (Wildman–Crippen LogP) is 4.47. The molecule has 0 spiro atoms. The maximum absolute atomic E-state index is 6.08. The lowest BCUT2D eigenvalue weighted by molar-refractivity contribution is -0.0337. The van der Waals surface area contributed by atoms with E-state index >= 15 is 0 Å². The smallest absolute Gasteiger partial charge is 0.0570 e. The zero-order valence-corrected chi connectivity index (χ0v) is 12.4. The second-order valence-electron chi connectivity index (χ2n) is 4.70. The highest BCUT2D eigenvalue weighted by atomic mass is 79.9. The van der Waals surface area contributed by atoms with Crippen LogP contribution in [-0.4, -0.2) is 18.2 Å². The number of halogens is 2. The molecule has 94 valence electrons. The van der Waals surface area contributed by atoms with Crippen LogP contribution in [0, 0.1) is 0 Å². The maximum Gasteiger partial charge on any atom is 0.0570 e. The summed E-state index contributed by atoms with van der Waals surface area (Å²) < 4.78 is 6.65. The Bertz CT molecular complexity index is 389. The van der Waals surface area contributed by atoms with Crippen molar-refractivity contribution in [1.29, 1.82) is 0 Å². The van der Waals surface area contributed by atoms with E-state index in [0.29, 0.717) is 18.2 Å². The van der Waals surface area contributed by atoms with Crippen LogP contribution in [-0.2, 0) is 4.74 Å². The molecule has 2 atom stereocenters. The van der Waals surface area contributed by atoms with Crippen molar-refractivity contribution in [2.75, 3.05) is 5.32 Å². The van der Waals surface area contributed by atoms with E-state index in [1.165, 1.54) is 0 Å². The molecule has 4 heteroatoms. The molecular formula is C13H17BrClNO. The first kappa shape index (κ1) is 13.2. The number of hydrogen-bond donors (Lipinski definition) is 1. The number of rotatable bonds is 2. The van der Waals surface area contributed by atoms with Crippen molar-refractivity contribution in [2.45, 2.75) is 44.9 Å². The lowest BCUT2D eigenvalue weighted by Gasteiger charge is -2.33. The number of nitrogens with one attached hydrogen (secondary N) is 1. The Hall–Kier alpha value is -0.250. The summed E-state index contributed by atoms with van der Waals surface area (Å²) in [6.45, 7) is 4.25. The molecule has 0 radical (unpaired) electrons. The molecular weight excluding hydrogens is 302 g/mol. The van der Waals surface area contributed by atoms with E-state index in [4.69, 9.17) is 16.3 Å². The monoisotopic (exact) mass is 317 g/mol. The van der Waals surface area contributed by atoms with Gasteiger partial charge in [0.2, 0.25) is 0 Å². The Balaban J connectivity index is 2.02. The van der Waals surface area contributed by atoms with Crippen molar-refractivity contribution in [3.8, 4) is 0 Å². The molecule has 1 aliphatic rings. The van der Waals surface area contributed by atoms with E-state index in [1.54, 1.807) is 0 Å². The zero-order valence-electron chi connectivity index (χ0n) is 10.0. The van der Waals surface area contributed by atoms with Gasteiger partial charge in [-0.05, 0) is 60.8 Å². The number of benzene rings is 1. The van der Waals surface area contributed by atoms with Crippen molar-refractivity contribution in [3.05, 3.63) is 27.7 Å². The van der Waals surface area contributed by atoms with Crippen LogP contribution >= 0.6 is 27.5 Å². The molecule has 0 saturated carbocycles. The summed E-state index contributed by atoms with van der Waals surface area (Å²) in [5, 5.41) is 4.26. The Morgan fingerprint density at radius 1 is 1.29 bits per heavy atom. The van der Waals surface area contributed by atoms with E-state index in [1.807, 2.05) is 18.2 Å². The molecule has 1 heterocycles. The van der Waals surface area contributed by atoms with Gasteiger partial charge in [-0.15, -0.1) is 0 Å². The van der Waals surface area contributed by atoms with Gasteiger partial charge in [-0.3, -0.25) is 0 Å². The van der Waals surface area contributed by atoms with Crippen molar-refractivity contribution >= 4 is 33.2 Å². The van der Waals surface area contributed by atoms with Crippen molar-refractivity contribution in [1.82, 2.24) is 0 Å². The molecule has 0 aliphatic carbocycles. The first-order chi connectivity index (χ1) is 8.04. The van der Waals surface area contributed by atoms with Crippen LogP contribution in [0.5, 0.6) is 0 Å². The van der Waals surface area contributed by atoms with Gasteiger partial charge < -0.3 is 10.1 Å². The molecule has 1 aromatic carbocycles. The van der Waals surface area contributed by atoms with Gasteiger partial charge in [-0.1, -0.05) is 11.6 Å². The fourth-order valence-electron chi connectivity index (χ4n) is 2.34. The second kappa shape index (κ2) is 5.59. The van der Waals surface area contributed by atoms with Gasteiger partial charge in [0.1, 0.15) is 0 Å². The Morgan fingerprint density at radius 3 is 2.53 bits per heavy atom. The lowest BCUT2D eigenvalue weighted by Crippen LogP contribution is -2.36. The van der Waals surface area contributed by atoms with Gasteiger partial charge in [-0.2, -0.15) is 0 Å². The molecule has 1 aromatic rings. The number of ether oxygens (including phenoxy) is 1. The van der Waals surface area contributed by atoms with Gasteiger partial charge in [0, 0.05) is 16.2 Å². The van der Waals surface area contributed by atoms with Crippen molar-refractivity contribution in [2.24, 2.45) is 0 Å². The molecule has 17 heavy (non-hydrogen) atoms. The standard InChI is InChI=1S/C13H17BrClNO/c1-8-5-11(6-9(2)17-8)16-10-3-4-12(14)13(15)7-10/h3-4,7-9,11,16H,5-6H2,1-2H3. The van der Waals surface area contributed by atoms with Crippen molar-refractivity contribution in [3.63, 3.8) is 0 Å². The maximum atomic E-state index is 6.08. The topological polar surface area (TPSA) is 21.3 Å². The zero-order chi connectivity index (χ0) is 12.4. The Morgan fingerprint density at radius 2 is 1.94 bits per heavy atom. The summed E-state index contributed by atoms with van der Waals surface area (Å²) in [5.41, 5.74) is 1.07. The number of hydrogen-bond acceptors (Lipinski definition) is 2. The average molecular weight is 319 g/mol. The summed E-state index contributed by atoms with van der Waals surface area (Å²) in [7, 11) is 0. The van der Waals surface area contributed by atoms with Crippen LogP contribution in [0.2, 0.25) is 5.02 Å². The molecule has 0 aromatic heterocycles. The van der Waals surface area contributed by atoms with Crippen LogP contribution in [0.3, 0.4) is 0 Å². The first-order valence-corrected chi connectivity index (χ1v) is 7.08. The lowest BCUT2D eigenvalue weighted by atomic mass is 9.99. The van der Waals surface area contributed by atoms with E-state index in [2.05, 4.69) is 35.1 Å². The van der Waals surface area contributed by atoms with E-state index in [9.17, 15) is 0 Å². The van der Waals surface area contributed by atoms with Gasteiger partial charge in [-0.25, -0.2) is 0 Å². The first-order valence-electron chi connectivity index (χ1n) is 5.91. The highest BCUT2D eigenvalue weighted by Crippen LogP contribution is 2.28. The van der Waals surface area contributed by atoms with Gasteiger partial charge >= 0.3 is 0 Å². The SMILES string of the molecule is CC1CC(Nc2ccc(Br)c(Cl)c2)CC(C)O1. The molecule has 0 bridgehead atoms. The van der Waals surface area contributed by atoms with Crippen LogP contribution in [0.15, 0.2) is 22.7 Å². The molecule has 1 N–H and O–H groups in total. The quantitative estimate of drug-likeness (QED) is 0.868. The fraction of sp³-hybridized carbons (Fsp3) is 0.538. The highest BCUT2D eigenvalue weighted by molar-refractivity contribution is 9.10. The van der Waals surface area contributed by atoms with Gasteiger partial charge in [0.15, 0.2) is 0 Å². The fourth-order valence-corrected chi connectivity index (χ4v) is 2.77. The molecule has 2 nitrogen and oxygen atoms in total. The summed E-state index contributed by atoms with van der Waals surface area (Å²) in [6, 6.07) is 6.43. The van der Waals surface area contributed by atoms with Gasteiger partial charge in [0.25, 0.3) is 0 Å². The minimum atomic E-state index is 0.321. The minimum Gasteiger partial charge on any atom is -0.382 e. The van der Waals surface area contributed by atoms with E-state index in [0.717, 1.165) is 28.0 Å². The van der Waals surface area contributed by atoms with Crippen LogP contribution < -0.4 is 5.32 Å². The average Bonchev–Trinajstić information content (AvgIpc) is 2.22. The molecule has 2 unspecified atom stereocenters. The minimum absolute atomic E-state index is 0.321. The highest BCUT2D eigenvalue weighted by Gasteiger charge is 2.24. The van der Waals surface area contributed by atoms with E-state index < -0.39 is 0 Å². The van der Waals surface area contributed by atoms with Crippen LogP contribution in [0.4, 0.5) is 5.69 Å². The van der Waals surface area contributed by atoms with E-state index in [-0.39, 0.29) is 0 Å². The molecule has 1 saturated heterocycles.